The number of hydrogen-bond donors (Lipinski definition) is 0. The Bertz CT molecular complexity index is 172. The number of hydrogen-bond acceptors (Lipinski definition) is 3. The summed E-state index contributed by atoms with van der Waals surface area (Å²) in [5, 5.41) is 0. The summed E-state index contributed by atoms with van der Waals surface area (Å²) in [6.07, 6.45) is 2.56. The van der Waals surface area contributed by atoms with Gasteiger partial charge in [-0.1, -0.05) is 6.92 Å². The van der Waals surface area contributed by atoms with Gasteiger partial charge in [-0.3, -0.25) is 4.90 Å². The highest BCUT2D eigenvalue weighted by atomic mass is 16.5. The van der Waals surface area contributed by atoms with Crippen LogP contribution in [0.15, 0.2) is 0 Å². The standard InChI is InChI=1S/C11H21NO2/c1-3-9(6-13-2)5-12-10-4-11(12)8-14-7-10/h9-11H,3-8H2,1-2H3. The van der Waals surface area contributed by atoms with Gasteiger partial charge in [0.2, 0.25) is 0 Å². The minimum atomic E-state index is 0.698. The van der Waals surface area contributed by atoms with Crippen LogP contribution in [0.1, 0.15) is 19.8 Å². The Hall–Kier alpha value is -0.120. The Morgan fingerprint density at radius 2 is 2.14 bits per heavy atom. The Morgan fingerprint density at radius 3 is 2.64 bits per heavy atom. The fourth-order valence-electron chi connectivity index (χ4n) is 2.54. The van der Waals surface area contributed by atoms with Crippen molar-refractivity contribution in [3.63, 3.8) is 0 Å². The van der Waals surface area contributed by atoms with Gasteiger partial charge in [0, 0.05) is 25.7 Å². The third kappa shape index (κ3) is 1.95. The van der Waals surface area contributed by atoms with Crippen molar-refractivity contribution in [3.05, 3.63) is 0 Å². The molecule has 3 heterocycles. The molecule has 0 aromatic carbocycles. The van der Waals surface area contributed by atoms with Crippen LogP contribution in [0.5, 0.6) is 0 Å². The van der Waals surface area contributed by atoms with Gasteiger partial charge in [0.1, 0.15) is 0 Å². The van der Waals surface area contributed by atoms with Crippen LogP contribution < -0.4 is 0 Å². The number of morpholine rings is 1. The molecule has 3 aliphatic rings. The molecule has 0 aromatic rings. The molecular formula is C11H21NO2. The van der Waals surface area contributed by atoms with E-state index in [4.69, 9.17) is 9.47 Å². The molecule has 0 spiro atoms. The summed E-state index contributed by atoms with van der Waals surface area (Å²) < 4.78 is 10.7. The molecule has 3 heteroatoms. The summed E-state index contributed by atoms with van der Waals surface area (Å²) >= 11 is 0. The van der Waals surface area contributed by atoms with Crippen LogP contribution in [-0.4, -0.2) is 50.5 Å². The Balaban J connectivity index is 1.78. The van der Waals surface area contributed by atoms with E-state index in [9.17, 15) is 0 Å². The molecule has 3 fully saturated rings. The third-order valence-corrected chi connectivity index (χ3v) is 3.55. The number of rotatable bonds is 5. The topological polar surface area (TPSA) is 21.7 Å². The Labute approximate surface area is 86.4 Å². The van der Waals surface area contributed by atoms with Gasteiger partial charge in [-0.25, -0.2) is 0 Å². The fraction of sp³-hybridized carbons (Fsp3) is 1.00. The van der Waals surface area contributed by atoms with Gasteiger partial charge < -0.3 is 9.47 Å². The first-order chi connectivity index (χ1) is 6.85. The van der Waals surface area contributed by atoms with E-state index >= 15 is 0 Å². The van der Waals surface area contributed by atoms with Crippen LogP contribution in [0.25, 0.3) is 0 Å². The Morgan fingerprint density at radius 1 is 1.43 bits per heavy atom. The smallest absolute Gasteiger partial charge is 0.0623 e. The average Bonchev–Trinajstić information content (AvgIpc) is 2.25. The van der Waals surface area contributed by atoms with E-state index in [-0.39, 0.29) is 0 Å². The second-order valence-electron chi connectivity index (χ2n) is 4.51. The molecule has 82 valence electrons. The van der Waals surface area contributed by atoms with Crippen molar-refractivity contribution in [1.29, 1.82) is 0 Å². The lowest BCUT2D eigenvalue weighted by Gasteiger charge is -2.53. The van der Waals surface area contributed by atoms with E-state index in [2.05, 4.69) is 11.8 Å². The highest BCUT2D eigenvalue weighted by molar-refractivity contribution is 4.96. The summed E-state index contributed by atoms with van der Waals surface area (Å²) in [5.41, 5.74) is 0. The van der Waals surface area contributed by atoms with Crippen molar-refractivity contribution in [3.8, 4) is 0 Å². The number of fused-ring (bicyclic) bond motifs is 2. The lowest BCUT2D eigenvalue weighted by Crippen LogP contribution is -2.64. The molecule has 0 aromatic heterocycles. The van der Waals surface area contributed by atoms with E-state index in [0.29, 0.717) is 18.0 Å². The molecule has 0 radical (unpaired) electrons. The Kier molecular flexibility index (Phi) is 3.42. The van der Waals surface area contributed by atoms with Crippen LogP contribution in [0.3, 0.4) is 0 Å². The molecular weight excluding hydrogens is 178 g/mol. The summed E-state index contributed by atoms with van der Waals surface area (Å²) in [6, 6.07) is 1.42. The van der Waals surface area contributed by atoms with Gasteiger partial charge in [-0.2, -0.15) is 0 Å². The molecule has 3 nitrogen and oxygen atoms in total. The fourth-order valence-corrected chi connectivity index (χ4v) is 2.54. The van der Waals surface area contributed by atoms with Crippen molar-refractivity contribution in [1.82, 2.24) is 4.90 Å². The van der Waals surface area contributed by atoms with Crippen molar-refractivity contribution in [2.45, 2.75) is 31.8 Å². The van der Waals surface area contributed by atoms with Gasteiger partial charge in [-0.15, -0.1) is 0 Å². The van der Waals surface area contributed by atoms with Crippen LogP contribution in [0.2, 0.25) is 0 Å². The van der Waals surface area contributed by atoms with E-state index in [1.54, 1.807) is 7.11 Å². The maximum atomic E-state index is 5.46. The average molecular weight is 199 g/mol. The maximum absolute atomic E-state index is 5.46. The first-order valence-corrected chi connectivity index (χ1v) is 5.67. The number of nitrogens with zero attached hydrogens (tertiary/aromatic N) is 1. The molecule has 0 saturated carbocycles. The molecule has 14 heavy (non-hydrogen) atoms. The van der Waals surface area contributed by atoms with E-state index in [0.717, 1.165) is 19.8 Å². The quantitative estimate of drug-likeness (QED) is 0.662. The molecule has 0 amide bonds. The van der Waals surface area contributed by atoms with Gasteiger partial charge in [-0.05, 0) is 18.8 Å². The summed E-state index contributed by atoms with van der Waals surface area (Å²) in [6.45, 7) is 6.23. The SMILES string of the molecule is CCC(COC)CN1C2COCC1C2. The lowest BCUT2D eigenvalue weighted by atomic mass is 9.89. The summed E-state index contributed by atoms with van der Waals surface area (Å²) in [7, 11) is 1.79. The minimum Gasteiger partial charge on any atom is -0.384 e. The normalized spacial score (nSPS) is 33.9. The van der Waals surface area contributed by atoms with Crippen molar-refractivity contribution in [2.24, 2.45) is 5.92 Å². The summed E-state index contributed by atoms with van der Waals surface area (Å²) in [5.74, 6) is 0.698. The van der Waals surface area contributed by atoms with E-state index in [1.165, 1.54) is 19.4 Å². The van der Waals surface area contributed by atoms with Crippen molar-refractivity contribution < 1.29 is 9.47 Å². The maximum Gasteiger partial charge on any atom is 0.0623 e. The minimum absolute atomic E-state index is 0.698. The second kappa shape index (κ2) is 4.60. The van der Waals surface area contributed by atoms with E-state index in [1.807, 2.05) is 0 Å². The molecule has 0 N–H and O–H groups in total. The largest absolute Gasteiger partial charge is 0.384 e. The lowest BCUT2D eigenvalue weighted by molar-refractivity contribution is -0.134. The van der Waals surface area contributed by atoms with Gasteiger partial charge >= 0.3 is 0 Å². The van der Waals surface area contributed by atoms with Gasteiger partial charge in [0.05, 0.1) is 19.8 Å². The van der Waals surface area contributed by atoms with Crippen LogP contribution in [-0.2, 0) is 9.47 Å². The van der Waals surface area contributed by atoms with Crippen LogP contribution >= 0.6 is 0 Å². The number of ether oxygens (including phenoxy) is 2. The monoisotopic (exact) mass is 199 g/mol. The highest BCUT2D eigenvalue weighted by Gasteiger charge is 2.42. The number of methoxy groups -OCH3 is 1. The zero-order chi connectivity index (χ0) is 9.97. The van der Waals surface area contributed by atoms with Gasteiger partial charge in [0.15, 0.2) is 0 Å². The molecule has 0 aliphatic carbocycles. The molecule has 3 saturated heterocycles. The van der Waals surface area contributed by atoms with Crippen LogP contribution in [0, 0.1) is 5.92 Å². The highest BCUT2D eigenvalue weighted by Crippen LogP contribution is 2.31. The molecule has 3 rings (SSSR count). The molecule has 3 aliphatic heterocycles. The molecule has 3 unspecified atom stereocenters. The second-order valence-corrected chi connectivity index (χ2v) is 4.51. The predicted octanol–water partition coefficient (Wildman–Crippen LogP) is 1.13. The zero-order valence-electron chi connectivity index (χ0n) is 9.24. The van der Waals surface area contributed by atoms with Gasteiger partial charge in [0.25, 0.3) is 0 Å². The van der Waals surface area contributed by atoms with Crippen molar-refractivity contribution in [2.75, 3.05) is 33.5 Å². The first kappa shape index (κ1) is 10.4. The third-order valence-electron chi connectivity index (χ3n) is 3.55. The van der Waals surface area contributed by atoms with E-state index < -0.39 is 0 Å². The first-order valence-electron chi connectivity index (χ1n) is 5.67. The summed E-state index contributed by atoms with van der Waals surface area (Å²) in [4.78, 5) is 2.61. The molecule has 3 atom stereocenters. The van der Waals surface area contributed by atoms with Crippen LogP contribution in [0.4, 0.5) is 0 Å². The predicted molar refractivity (Wildman–Crippen MR) is 55.4 cm³/mol. The zero-order valence-corrected chi connectivity index (χ0v) is 9.24. The molecule has 2 bridgehead atoms. The van der Waals surface area contributed by atoms with Crippen molar-refractivity contribution >= 4 is 0 Å².